The molecule has 1 aromatic heterocycles. The van der Waals surface area contributed by atoms with Crippen LogP contribution in [0.1, 0.15) is 248 Å². The summed E-state index contributed by atoms with van der Waals surface area (Å²) in [6.07, 6.45) is 21.2. The summed E-state index contributed by atoms with van der Waals surface area (Å²) in [5.41, 5.74) is 21.3. The SMILES string of the molecule is CC(=O)c1ccc2c(c1)C1C=CCC1C(c1cc3c(cc1Br)OCO3)N2C.CC(=O)c1ccc2c(c1)C1C=CCC1C(c1cc3c(cc1Br)OCO3)N2C(C)=O.CC(=O)c1ccc2c(c1)C1C=CCC1C(c1ccc3occc3c1)N2.CC(=O)c1ccc2c(c1)C1OCCC1C(c1cc3c(cc1Br)OCO3)N2.CC(=O)c1ccc2c(c1)C1OCCCC1C(c1cc3c(cc1Br)OCO3)N2. The number of nitrogens with one attached hydrogen (secondary N) is 3. The van der Waals surface area contributed by atoms with Crippen molar-refractivity contribution in [2.45, 2.75) is 140 Å². The summed E-state index contributed by atoms with van der Waals surface area (Å²) in [6, 6.07) is 54.5. The van der Waals surface area contributed by atoms with Gasteiger partial charge in [0, 0.05) is 147 Å². The number of anilines is 5. The van der Waals surface area contributed by atoms with Gasteiger partial charge >= 0.3 is 0 Å². The van der Waals surface area contributed by atoms with Crippen LogP contribution in [-0.2, 0) is 14.3 Å². The van der Waals surface area contributed by atoms with Gasteiger partial charge < -0.3 is 77.5 Å². The molecule has 0 radical (unpaired) electrons. The lowest BCUT2D eigenvalue weighted by Crippen LogP contribution is -2.42. The molecular formula is C108H97Br4N5O17. The van der Waals surface area contributed by atoms with Gasteiger partial charge in [-0.1, -0.05) is 106 Å². The van der Waals surface area contributed by atoms with Gasteiger partial charge in [0.15, 0.2) is 74.9 Å². The van der Waals surface area contributed by atoms with Gasteiger partial charge in [-0.3, -0.25) is 28.8 Å². The van der Waals surface area contributed by atoms with E-state index in [0.29, 0.717) is 46.7 Å². The van der Waals surface area contributed by atoms with Crippen LogP contribution in [0.25, 0.3) is 11.0 Å². The number of ketones is 5. The fourth-order valence-corrected chi connectivity index (χ4v) is 24.7. The summed E-state index contributed by atoms with van der Waals surface area (Å²) in [5, 5.41) is 12.2. The van der Waals surface area contributed by atoms with E-state index in [-0.39, 0.29) is 122 Å². The van der Waals surface area contributed by atoms with Gasteiger partial charge in [-0.05, 0) is 293 Å². The van der Waals surface area contributed by atoms with Crippen LogP contribution in [0, 0.1) is 29.6 Å². The molecule has 684 valence electrons. The van der Waals surface area contributed by atoms with E-state index < -0.39 is 0 Å². The third-order valence-electron chi connectivity index (χ3n) is 28.9. The first-order valence-electron chi connectivity index (χ1n) is 45.6. The lowest BCUT2D eigenvalue weighted by molar-refractivity contribution is -0.117. The Morgan fingerprint density at radius 1 is 0.351 bits per heavy atom. The molecule has 11 aromatic rings. The number of ether oxygens (including phenoxy) is 10. The number of furan rings is 1. The fourth-order valence-electron chi connectivity index (χ4n) is 22.4. The van der Waals surface area contributed by atoms with Gasteiger partial charge in [-0.2, -0.15) is 0 Å². The molecule has 22 nitrogen and oxygen atoms in total. The third-order valence-corrected chi connectivity index (χ3v) is 31.6. The molecule has 0 spiro atoms. The minimum Gasteiger partial charge on any atom is -0.464 e. The standard InChI is InChI=1S/C23H20BrNO4.C22H20BrNO3.C22H19NO2.C21H20BrNO4.C20H18BrNO4/c1-12(26)14-6-7-20-17(8-14)15-4-3-5-16(15)23(25(20)13(2)27)18-9-21-22(10-19(18)24)29-11-28-21;1-12(25)13-6-7-19-16(8-13)14-4-3-5-15(14)22(24(19)2)17-9-20-21(10-18(17)23)27-11-26-20;1-13(24)14-5-7-20-19(12-14)17-3-2-4-18(17)22(23-20)16-6-8-21-15(11-16)9-10-25-21;1-11(24)12-4-5-17-15(7-12)21-13(3-2-6-25-21)20(23-17)14-8-18-19(9-16(14)22)27-10-26-18;1-10(23)11-2-3-16-14(6-11)20-12(4-5-24-20)19(22-16)13-7-17-18(8-15(13)21)26-9-25-17/h3-4,6-10,15-16,23H,5,11H2,1-2H3;3-4,6-10,14-15,22H,5,11H2,1-2H3;2-3,5-12,17-18,22-23H,4H2,1H3;4-5,7-9,13,20-21,23H,2-3,6,10H2,1H3;2-3,6-8,12,19-20,22H,4-5,9H2,1H3. The van der Waals surface area contributed by atoms with Crippen molar-refractivity contribution >= 4 is 138 Å². The molecule has 2 saturated heterocycles. The highest BCUT2D eigenvalue weighted by molar-refractivity contribution is 9.11. The monoisotopic (exact) mass is 2050 g/mol. The predicted octanol–water partition coefficient (Wildman–Crippen LogP) is 25.5. The molecule has 25 rings (SSSR count). The van der Waals surface area contributed by atoms with Crippen LogP contribution in [0.4, 0.5) is 28.4 Å². The molecule has 0 bridgehead atoms. The minimum atomic E-state index is -0.146. The van der Waals surface area contributed by atoms with E-state index in [2.05, 4.69) is 183 Å². The van der Waals surface area contributed by atoms with Crippen molar-refractivity contribution in [2.24, 2.45) is 29.6 Å². The van der Waals surface area contributed by atoms with Crippen LogP contribution < -0.4 is 63.6 Å². The van der Waals surface area contributed by atoms with Crippen molar-refractivity contribution in [3.05, 3.63) is 308 Å². The zero-order valence-electron chi connectivity index (χ0n) is 74.6. The largest absolute Gasteiger partial charge is 0.464 e. The summed E-state index contributed by atoms with van der Waals surface area (Å²) in [6.45, 7) is 12.1. The molecular weight excluding hydrogens is 1960 g/mol. The van der Waals surface area contributed by atoms with Crippen molar-refractivity contribution in [2.75, 3.05) is 73.2 Å². The maximum absolute atomic E-state index is 12.9. The molecule has 26 heteroatoms. The lowest BCUT2D eigenvalue weighted by Gasteiger charge is -2.44. The van der Waals surface area contributed by atoms with Gasteiger partial charge in [0.25, 0.3) is 0 Å². The number of allylic oxidation sites excluding steroid dienone is 6. The second kappa shape index (κ2) is 36.5. The Morgan fingerprint density at radius 2 is 0.731 bits per heavy atom. The van der Waals surface area contributed by atoms with Crippen LogP contribution in [0.2, 0.25) is 0 Å². The molecule has 134 heavy (non-hydrogen) atoms. The molecule has 14 aliphatic rings. The molecule has 3 aliphatic carbocycles. The number of carbonyl (C=O) groups excluding carboxylic acids is 6. The van der Waals surface area contributed by atoms with Crippen molar-refractivity contribution in [1.82, 2.24) is 0 Å². The molecule has 15 atom stereocenters. The van der Waals surface area contributed by atoms with E-state index in [1.54, 1.807) is 47.8 Å². The highest BCUT2D eigenvalue weighted by Crippen LogP contribution is 2.61. The number of carbonyl (C=O) groups is 6. The fraction of sp³-hybridized carbons (Fsp3) is 0.315. The number of Topliss-reactive ketones (excluding diaryl/α,β-unsaturated/α-hetero) is 5. The minimum absolute atomic E-state index is 0.00660. The first kappa shape index (κ1) is 88.8. The van der Waals surface area contributed by atoms with Gasteiger partial charge in [-0.25, -0.2) is 0 Å². The molecule has 1 amide bonds. The topological polar surface area (TPSA) is 250 Å². The molecule has 15 unspecified atom stereocenters. The molecule has 11 aliphatic heterocycles. The Balaban J connectivity index is 0.000000101. The van der Waals surface area contributed by atoms with Gasteiger partial charge in [0.1, 0.15) is 5.58 Å². The van der Waals surface area contributed by atoms with E-state index in [0.717, 1.165) is 193 Å². The molecule has 2 fully saturated rings. The summed E-state index contributed by atoms with van der Waals surface area (Å²) in [4.78, 5) is 76.3. The number of rotatable bonds is 10. The maximum Gasteiger partial charge on any atom is 0.231 e. The van der Waals surface area contributed by atoms with E-state index in [1.807, 2.05) is 114 Å². The summed E-state index contributed by atoms with van der Waals surface area (Å²) >= 11 is 14.8. The molecule has 3 N–H and O–H groups in total. The highest BCUT2D eigenvalue weighted by Gasteiger charge is 2.49. The van der Waals surface area contributed by atoms with Gasteiger partial charge in [0.2, 0.25) is 33.1 Å². The Hall–Kier alpha value is -11.8. The Labute approximate surface area is 809 Å². The van der Waals surface area contributed by atoms with Gasteiger partial charge in [0.05, 0.1) is 48.7 Å². The van der Waals surface area contributed by atoms with E-state index in [1.165, 1.54) is 27.9 Å². The highest BCUT2D eigenvalue weighted by atomic mass is 79.9. The second-order valence-electron chi connectivity index (χ2n) is 36.5. The van der Waals surface area contributed by atoms with Crippen LogP contribution in [-0.4, -0.2) is 82.3 Å². The normalized spacial score (nSPS) is 24.6. The number of hydrogen-bond donors (Lipinski definition) is 3. The van der Waals surface area contributed by atoms with Crippen molar-refractivity contribution in [3.63, 3.8) is 0 Å². The van der Waals surface area contributed by atoms with Crippen LogP contribution in [0.15, 0.2) is 229 Å². The number of halogens is 4. The van der Waals surface area contributed by atoms with Gasteiger partial charge in [-0.15, -0.1) is 0 Å². The third kappa shape index (κ3) is 16.4. The Bertz CT molecular complexity index is 6760. The zero-order valence-corrected chi connectivity index (χ0v) is 81.0. The summed E-state index contributed by atoms with van der Waals surface area (Å²) in [7, 11) is 2.14. The number of hydrogen-bond acceptors (Lipinski definition) is 21. The molecule has 0 saturated carbocycles. The summed E-state index contributed by atoms with van der Waals surface area (Å²) < 4.78 is 66.1. The van der Waals surface area contributed by atoms with E-state index in [4.69, 9.17) is 51.8 Å². The first-order valence-corrected chi connectivity index (χ1v) is 48.7. The number of amides is 1. The first-order chi connectivity index (χ1) is 64.9. The maximum atomic E-state index is 12.9. The average molecular weight is 2060 g/mol. The number of nitrogens with zero attached hydrogens (tertiary/aromatic N) is 2. The van der Waals surface area contributed by atoms with E-state index in [9.17, 15) is 28.8 Å². The quantitative estimate of drug-likeness (QED) is 0.0850. The number of benzene rings is 10. The van der Waals surface area contributed by atoms with Crippen LogP contribution >= 0.6 is 63.7 Å². The zero-order chi connectivity index (χ0) is 92.3. The molecule has 12 heterocycles. The lowest BCUT2D eigenvalue weighted by atomic mass is 9.75. The van der Waals surface area contributed by atoms with E-state index >= 15 is 0 Å². The van der Waals surface area contributed by atoms with Crippen LogP contribution in [0.5, 0.6) is 46.0 Å². The molecule has 10 aromatic carbocycles. The van der Waals surface area contributed by atoms with Crippen molar-refractivity contribution in [1.29, 1.82) is 0 Å². The van der Waals surface area contributed by atoms with Crippen molar-refractivity contribution < 1.29 is 80.6 Å². The Kier molecular flexibility index (Phi) is 24.2. The second-order valence-corrected chi connectivity index (χ2v) is 39.9. The van der Waals surface area contributed by atoms with Crippen molar-refractivity contribution in [3.8, 4) is 46.0 Å². The number of fused-ring (bicyclic) bond motifs is 20. The summed E-state index contributed by atoms with van der Waals surface area (Å²) in [5.74, 6) is 8.96. The predicted molar refractivity (Wildman–Crippen MR) is 524 cm³/mol. The van der Waals surface area contributed by atoms with Crippen LogP contribution in [0.3, 0.4) is 0 Å². The smallest absolute Gasteiger partial charge is 0.231 e. The average Bonchev–Trinajstić information content (AvgIpc) is 1.44. The Morgan fingerprint density at radius 3 is 1.22 bits per heavy atom.